The normalized spacial score (nSPS) is 25.1. The van der Waals surface area contributed by atoms with Crippen molar-refractivity contribution in [3.05, 3.63) is 17.0 Å². The minimum atomic E-state index is 0.272. The summed E-state index contributed by atoms with van der Waals surface area (Å²) in [6.07, 6.45) is 6.30. The van der Waals surface area contributed by atoms with E-state index in [0.717, 1.165) is 31.5 Å². The van der Waals surface area contributed by atoms with Crippen molar-refractivity contribution in [1.29, 1.82) is 0 Å². The summed E-state index contributed by atoms with van der Waals surface area (Å²) in [6, 6.07) is 0.311. The van der Waals surface area contributed by atoms with Crippen LogP contribution in [0.5, 0.6) is 0 Å². The van der Waals surface area contributed by atoms with E-state index in [4.69, 9.17) is 4.74 Å². The first kappa shape index (κ1) is 15.5. The molecule has 0 radical (unpaired) electrons. The second-order valence-electron chi connectivity index (χ2n) is 6.62. The number of aryl methyl sites for hydroxylation is 2. The number of rotatable bonds is 3. The van der Waals surface area contributed by atoms with Crippen LogP contribution in [0.1, 0.15) is 49.1 Å². The summed E-state index contributed by atoms with van der Waals surface area (Å²) < 4.78 is 7.76. The summed E-state index contributed by atoms with van der Waals surface area (Å²) in [5.74, 6) is 0.280. The molecule has 1 saturated carbocycles. The molecule has 0 N–H and O–H groups in total. The average molecular weight is 305 g/mol. The molecule has 3 rings (SSSR count). The van der Waals surface area contributed by atoms with Crippen LogP contribution in [0, 0.1) is 13.8 Å². The van der Waals surface area contributed by atoms with Crippen LogP contribution in [0.25, 0.3) is 0 Å². The summed E-state index contributed by atoms with van der Waals surface area (Å²) >= 11 is 0. The van der Waals surface area contributed by atoms with Gasteiger partial charge in [0.15, 0.2) is 0 Å². The molecule has 0 bridgehead atoms. The minimum absolute atomic E-state index is 0.272. The van der Waals surface area contributed by atoms with Crippen molar-refractivity contribution < 1.29 is 9.53 Å². The molecule has 2 heterocycles. The Morgan fingerprint density at radius 3 is 2.82 bits per heavy atom. The Morgan fingerprint density at radius 2 is 2.09 bits per heavy atom. The molecule has 1 aliphatic carbocycles. The van der Waals surface area contributed by atoms with E-state index >= 15 is 0 Å². The van der Waals surface area contributed by atoms with Crippen molar-refractivity contribution in [3.63, 3.8) is 0 Å². The van der Waals surface area contributed by atoms with E-state index in [9.17, 15) is 4.79 Å². The molecule has 122 valence electrons. The summed E-state index contributed by atoms with van der Waals surface area (Å²) in [7, 11) is 1.96. The highest BCUT2D eigenvalue weighted by Crippen LogP contribution is 2.29. The number of carbonyl (C=O) groups excluding carboxylic acids is 1. The van der Waals surface area contributed by atoms with E-state index in [1.165, 1.54) is 24.1 Å². The lowest BCUT2D eigenvalue weighted by Crippen LogP contribution is -2.54. The first-order chi connectivity index (χ1) is 10.6. The molecule has 1 saturated heterocycles. The van der Waals surface area contributed by atoms with Gasteiger partial charge in [-0.25, -0.2) is 0 Å². The summed E-state index contributed by atoms with van der Waals surface area (Å²) in [4.78, 5) is 14.8. The Morgan fingerprint density at radius 1 is 1.32 bits per heavy atom. The fourth-order valence-electron chi connectivity index (χ4n) is 3.96. The third-order valence-corrected chi connectivity index (χ3v) is 5.30. The summed E-state index contributed by atoms with van der Waals surface area (Å²) in [6.45, 7) is 5.55. The Balaban J connectivity index is 1.63. The van der Waals surface area contributed by atoms with Gasteiger partial charge in [-0.1, -0.05) is 12.8 Å². The van der Waals surface area contributed by atoms with Crippen LogP contribution in [0.4, 0.5) is 0 Å². The number of hydrogen-bond acceptors (Lipinski definition) is 3. The van der Waals surface area contributed by atoms with Gasteiger partial charge in [-0.05, 0) is 38.7 Å². The SMILES string of the molecule is Cc1nn(C)c(C)c1CCC(=O)N1CCO[C@@H]2CCCC[C@H]21. The molecule has 0 aromatic carbocycles. The molecule has 2 aliphatic rings. The zero-order chi connectivity index (χ0) is 15.7. The molecule has 1 amide bonds. The molecule has 1 aromatic heterocycles. The molecule has 5 heteroatoms. The number of amides is 1. The predicted molar refractivity (Wildman–Crippen MR) is 84.7 cm³/mol. The van der Waals surface area contributed by atoms with Crippen molar-refractivity contribution in [2.24, 2.45) is 7.05 Å². The van der Waals surface area contributed by atoms with Crippen LogP contribution in [0.3, 0.4) is 0 Å². The van der Waals surface area contributed by atoms with Gasteiger partial charge in [-0.3, -0.25) is 9.48 Å². The Labute approximate surface area is 132 Å². The molecule has 1 aromatic rings. The van der Waals surface area contributed by atoms with Crippen LogP contribution in [0.15, 0.2) is 0 Å². The Bertz CT molecular complexity index is 550. The first-order valence-electron chi connectivity index (χ1n) is 8.48. The second-order valence-corrected chi connectivity index (χ2v) is 6.62. The van der Waals surface area contributed by atoms with Crippen molar-refractivity contribution in [3.8, 4) is 0 Å². The van der Waals surface area contributed by atoms with Crippen LogP contribution < -0.4 is 0 Å². The fourth-order valence-corrected chi connectivity index (χ4v) is 3.96. The number of ether oxygens (including phenoxy) is 1. The number of aromatic nitrogens is 2. The third-order valence-electron chi connectivity index (χ3n) is 5.30. The zero-order valence-corrected chi connectivity index (χ0v) is 14.0. The molecule has 0 spiro atoms. The predicted octanol–water partition coefficient (Wildman–Crippen LogP) is 2.14. The molecule has 2 atom stereocenters. The molecular weight excluding hydrogens is 278 g/mol. The van der Waals surface area contributed by atoms with E-state index < -0.39 is 0 Å². The van der Waals surface area contributed by atoms with Crippen molar-refractivity contribution in [2.45, 2.75) is 64.5 Å². The Hall–Kier alpha value is -1.36. The first-order valence-corrected chi connectivity index (χ1v) is 8.48. The topological polar surface area (TPSA) is 47.4 Å². The van der Waals surface area contributed by atoms with Crippen molar-refractivity contribution in [1.82, 2.24) is 14.7 Å². The van der Waals surface area contributed by atoms with Gasteiger partial charge in [0.2, 0.25) is 5.91 Å². The van der Waals surface area contributed by atoms with E-state index in [-0.39, 0.29) is 12.0 Å². The van der Waals surface area contributed by atoms with E-state index in [1.54, 1.807) is 0 Å². The average Bonchev–Trinajstić information content (AvgIpc) is 2.77. The lowest BCUT2D eigenvalue weighted by Gasteiger charge is -2.43. The molecule has 0 unspecified atom stereocenters. The quantitative estimate of drug-likeness (QED) is 0.859. The number of morpholine rings is 1. The van der Waals surface area contributed by atoms with E-state index in [0.29, 0.717) is 19.1 Å². The molecule has 22 heavy (non-hydrogen) atoms. The van der Waals surface area contributed by atoms with Gasteiger partial charge >= 0.3 is 0 Å². The third kappa shape index (κ3) is 2.91. The summed E-state index contributed by atoms with van der Waals surface area (Å²) in [5, 5.41) is 4.44. The van der Waals surface area contributed by atoms with Crippen LogP contribution in [-0.4, -0.2) is 45.9 Å². The van der Waals surface area contributed by atoms with Crippen molar-refractivity contribution in [2.75, 3.05) is 13.2 Å². The highest BCUT2D eigenvalue weighted by molar-refractivity contribution is 5.77. The lowest BCUT2D eigenvalue weighted by atomic mass is 9.90. The minimum Gasteiger partial charge on any atom is -0.374 e. The van der Waals surface area contributed by atoms with Crippen LogP contribution >= 0.6 is 0 Å². The maximum Gasteiger partial charge on any atom is 0.223 e. The van der Waals surface area contributed by atoms with Crippen LogP contribution in [0.2, 0.25) is 0 Å². The van der Waals surface area contributed by atoms with Crippen LogP contribution in [-0.2, 0) is 23.0 Å². The largest absolute Gasteiger partial charge is 0.374 e. The maximum absolute atomic E-state index is 12.7. The van der Waals surface area contributed by atoms with E-state index in [1.807, 2.05) is 18.7 Å². The smallest absolute Gasteiger partial charge is 0.223 e. The van der Waals surface area contributed by atoms with Gasteiger partial charge < -0.3 is 9.64 Å². The summed E-state index contributed by atoms with van der Waals surface area (Å²) in [5.41, 5.74) is 3.44. The van der Waals surface area contributed by atoms with E-state index in [2.05, 4.69) is 16.9 Å². The number of fused-ring (bicyclic) bond motifs is 1. The number of nitrogens with zero attached hydrogens (tertiary/aromatic N) is 3. The van der Waals surface area contributed by atoms with Gasteiger partial charge in [0.1, 0.15) is 0 Å². The molecule has 1 aliphatic heterocycles. The van der Waals surface area contributed by atoms with Gasteiger partial charge in [0, 0.05) is 25.7 Å². The number of carbonyl (C=O) groups is 1. The van der Waals surface area contributed by atoms with Crippen molar-refractivity contribution >= 4 is 5.91 Å². The lowest BCUT2D eigenvalue weighted by molar-refractivity contribution is -0.149. The number of hydrogen-bond donors (Lipinski definition) is 0. The molecular formula is C17H27N3O2. The van der Waals surface area contributed by atoms with Gasteiger partial charge in [0.25, 0.3) is 0 Å². The van der Waals surface area contributed by atoms with Gasteiger partial charge in [-0.15, -0.1) is 0 Å². The molecule has 5 nitrogen and oxygen atoms in total. The standard InChI is InChI=1S/C17H27N3O2/c1-12-14(13(2)19(3)18-12)8-9-17(21)20-10-11-22-16-7-5-4-6-15(16)20/h15-16H,4-11H2,1-3H3/t15-,16-/m1/s1. The van der Waals surface area contributed by atoms with Gasteiger partial charge in [0.05, 0.1) is 24.4 Å². The molecule has 2 fully saturated rings. The monoisotopic (exact) mass is 305 g/mol. The maximum atomic E-state index is 12.7. The van der Waals surface area contributed by atoms with Gasteiger partial charge in [-0.2, -0.15) is 5.10 Å². The second kappa shape index (κ2) is 6.41. The zero-order valence-electron chi connectivity index (χ0n) is 14.0. The highest BCUT2D eigenvalue weighted by atomic mass is 16.5. The Kier molecular flexibility index (Phi) is 4.52. The highest BCUT2D eigenvalue weighted by Gasteiger charge is 2.36. The fraction of sp³-hybridized carbons (Fsp3) is 0.765.